The Hall–Kier alpha value is -2.23. The van der Waals surface area contributed by atoms with Gasteiger partial charge >= 0.3 is 0 Å². The van der Waals surface area contributed by atoms with E-state index in [9.17, 15) is 4.79 Å². The van der Waals surface area contributed by atoms with Gasteiger partial charge in [-0.1, -0.05) is 12.1 Å². The summed E-state index contributed by atoms with van der Waals surface area (Å²) >= 11 is 0. The molecule has 0 aliphatic carbocycles. The van der Waals surface area contributed by atoms with Crippen molar-refractivity contribution in [2.24, 2.45) is 0 Å². The summed E-state index contributed by atoms with van der Waals surface area (Å²) in [6.45, 7) is 3.68. The van der Waals surface area contributed by atoms with Gasteiger partial charge in [0.05, 0.1) is 24.1 Å². The molecule has 2 aliphatic rings. The van der Waals surface area contributed by atoms with Crippen LogP contribution in [0.5, 0.6) is 0 Å². The number of para-hydroxylation sites is 1. The zero-order chi connectivity index (χ0) is 14.4. The van der Waals surface area contributed by atoms with Crippen LogP contribution in [0.1, 0.15) is 35.9 Å². The summed E-state index contributed by atoms with van der Waals surface area (Å²) in [4.78, 5) is 17.3. The molecular formula is C17H18N2O2. The molecule has 1 saturated heterocycles. The molecule has 4 rings (SSSR count). The number of carbonyl (C=O) groups is 1. The summed E-state index contributed by atoms with van der Waals surface area (Å²) in [5, 5.41) is 0. The molecule has 2 aliphatic heterocycles. The summed E-state index contributed by atoms with van der Waals surface area (Å²) in [5.74, 6) is 0.929. The highest BCUT2D eigenvalue weighted by Crippen LogP contribution is 2.43. The normalized spacial score (nSPS) is 24.1. The van der Waals surface area contributed by atoms with Crippen LogP contribution in [0.25, 0.3) is 0 Å². The molecule has 1 fully saturated rings. The minimum absolute atomic E-state index is 0.0997. The molecule has 3 heterocycles. The number of hydrogen-bond donors (Lipinski definition) is 0. The summed E-state index contributed by atoms with van der Waals surface area (Å²) < 4.78 is 5.45. The van der Waals surface area contributed by atoms with Gasteiger partial charge in [-0.25, -0.2) is 0 Å². The smallest absolute Gasteiger partial charge is 0.258 e. The molecule has 1 atom stereocenters. The first-order chi connectivity index (χ1) is 10.2. The number of carbonyl (C=O) groups excluding carboxylic acids is 1. The lowest BCUT2D eigenvalue weighted by atomic mass is 9.98. The number of fused-ring (bicyclic) bond motifs is 3. The first-order valence-electron chi connectivity index (χ1n) is 7.41. The maximum absolute atomic E-state index is 12.9. The van der Waals surface area contributed by atoms with E-state index >= 15 is 0 Å². The quantitative estimate of drug-likeness (QED) is 0.848. The van der Waals surface area contributed by atoms with Crippen LogP contribution < -0.4 is 4.90 Å². The fraction of sp³-hybridized carbons (Fsp3) is 0.353. The topological polar surface area (TPSA) is 36.7 Å². The van der Waals surface area contributed by atoms with Crippen molar-refractivity contribution in [2.75, 3.05) is 11.4 Å². The third kappa shape index (κ3) is 1.71. The average Bonchev–Trinajstić information content (AvgIpc) is 3.13. The Morgan fingerprint density at radius 3 is 2.90 bits per heavy atom. The van der Waals surface area contributed by atoms with E-state index in [1.807, 2.05) is 35.2 Å². The lowest BCUT2D eigenvalue weighted by Gasteiger charge is -2.49. The molecule has 1 amide bonds. The van der Waals surface area contributed by atoms with Crippen LogP contribution in [0.15, 0.2) is 47.1 Å². The van der Waals surface area contributed by atoms with Crippen LogP contribution in [0.2, 0.25) is 0 Å². The van der Waals surface area contributed by atoms with Crippen molar-refractivity contribution < 1.29 is 9.21 Å². The van der Waals surface area contributed by atoms with Crippen LogP contribution in [-0.4, -0.2) is 23.0 Å². The lowest BCUT2D eigenvalue weighted by molar-refractivity contribution is 0.0447. The molecule has 0 radical (unpaired) electrons. The monoisotopic (exact) mass is 282 g/mol. The standard InChI is InChI=1S/C17H18N2O2/c1-17-9-5-10-18(17)15-8-3-2-7-14(15)16(20)19(17)12-13-6-4-11-21-13/h2-4,6-8,11H,5,9-10,12H2,1H3. The fourth-order valence-electron chi connectivity index (χ4n) is 3.66. The van der Waals surface area contributed by atoms with Crippen LogP contribution in [0.3, 0.4) is 0 Å². The number of benzene rings is 1. The van der Waals surface area contributed by atoms with Gasteiger partial charge in [0.1, 0.15) is 11.4 Å². The van der Waals surface area contributed by atoms with Crippen molar-refractivity contribution >= 4 is 11.6 Å². The molecule has 4 nitrogen and oxygen atoms in total. The van der Waals surface area contributed by atoms with Gasteiger partial charge < -0.3 is 14.2 Å². The first-order valence-corrected chi connectivity index (χ1v) is 7.41. The molecule has 2 aromatic rings. The highest BCUT2D eigenvalue weighted by Gasteiger charge is 2.49. The largest absolute Gasteiger partial charge is 0.467 e. The third-order valence-electron chi connectivity index (χ3n) is 4.76. The van der Waals surface area contributed by atoms with Gasteiger partial charge in [-0.15, -0.1) is 0 Å². The van der Waals surface area contributed by atoms with Crippen LogP contribution >= 0.6 is 0 Å². The minimum Gasteiger partial charge on any atom is -0.467 e. The summed E-state index contributed by atoms with van der Waals surface area (Å²) in [6.07, 6.45) is 3.76. The Morgan fingerprint density at radius 2 is 2.10 bits per heavy atom. The maximum Gasteiger partial charge on any atom is 0.258 e. The van der Waals surface area contributed by atoms with Gasteiger partial charge in [-0.05, 0) is 44.0 Å². The third-order valence-corrected chi connectivity index (χ3v) is 4.76. The Balaban J connectivity index is 1.81. The Morgan fingerprint density at radius 1 is 1.24 bits per heavy atom. The van der Waals surface area contributed by atoms with Crippen molar-refractivity contribution in [3.8, 4) is 0 Å². The minimum atomic E-state index is -0.252. The molecule has 4 heteroatoms. The van der Waals surface area contributed by atoms with Crippen molar-refractivity contribution in [3.63, 3.8) is 0 Å². The van der Waals surface area contributed by atoms with Crippen LogP contribution in [0.4, 0.5) is 5.69 Å². The molecule has 0 saturated carbocycles. The summed E-state index contributed by atoms with van der Waals surface area (Å²) in [7, 11) is 0. The zero-order valence-corrected chi connectivity index (χ0v) is 12.1. The maximum atomic E-state index is 12.9. The zero-order valence-electron chi connectivity index (χ0n) is 12.1. The Labute approximate surface area is 124 Å². The second-order valence-corrected chi connectivity index (χ2v) is 5.96. The number of nitrogens with zero attached hydrogens (tertiary/aromatic N) is 2. The van der Waals surface area contributed by atoms with Crippen molar-refractivity contribution in [3.05, 3.63) is 54.0 Å². The van der Waals surface area contributed by atoms with Crippen LogP contribution in [-0.2, 0) is 6.54 Å². The van der Waals surface area contributed by atoms with E-state index in [-0.39, 0.29) is 11.6 Å². The molecule has 108 valence electrons. The fourth-order valence-corrected chi connectivity index (χ4v) is 3.66. The Bertz CT molecular complexity index is 680. The van der Waals surface area contributed by atoms with E-state index in [4.69, 9.17) is 4.42 Å². The van der Waals surface area contributed by atoms with Crippen molar-refractivity contribution in [1.29, 1.82) is 0 Å². The summed E-state index contributed by atoms with van der Waals surface area (Å²) in [6, 6.07) is 11.7. The summed E-state index contributed by atoms with van der Waals surface area (Å²) in [5.41, 5.74) is 1.61. The number of amides is 1. The van der Waals surface area contributed by atoms with E-state index < -0.39 is 0 Å². The van der Waals surface area contributed by atoms with E-state index in [1.165, 1.54) is 0 Å². The molecule has 0 spiro atoms. The van der Waals surface area contributed by atoms with Gasteiger partial charge in [-0.2, -0.15) is 0 Å². The predicted octanol–water partition coefficient (Wildman–Crippen LogP) is 3.25. The second kappa shape index (κ2) is 4.38. The first kappa shape index (κ1) is 12.5. The lowest BCUT2D eigenvalue weighted by Crippen LogP contribution is -2.60. The van der Waals surface area contributed by atoms with Gasteiger partial charge in [-0.3, -0.25) is 4.79 Å². The highest BCUT2D eigenvalue weighted by molar-refractivity contribution is 6.02. The van der Waals surface area contributed by atoms with E-state index in [0.29, 0.717) is 6.54 Å². The van der Waals surface area contributed by atoms with Crippen molar-refractivity contribution in [2.45, 2.75) is 32.0 Å². The number of anilines is 1. The van der Waals surface area contributed by atoms with Gasteiger partial charge in [0.2, 0.25) is 0 Å². The van der Waals surface area contributed by atoms with Gasteiger partial charge in [0.25, 0.3) is 5.91 Å². The number of rotatable bonds is 2. The number of hydrogen-bond acceptors (Lipinski definition) is 3. The molecule has 21 heavy (non-hydrogen) atoms. The highest BCUT2D eigenvalue weighted by atomic mass is 16.3. The van der Waals surface area contributed by atoms with Crippen LogP contribution in [0, 0.1) is 0 Å². The molecule has 0 bridgehead atoms. The van der Waals surface area contributed by atoms with Crippen molar-refractivity contribution in [1.82, 2.24) is 4.90 Å². The van der Waals surface area contributed by atoms with E-state index in [1.54, 1.807) is 6.26 Å². The Kier molecular flexibility index (Phi) is 2.61. The number of furan rings is 1. The SMILES string of the molecule is CC12CCCN1c1ccccc1C(=O)N2Cc1ccco1. The molecule has 1 aromatic carbocycles. The van der Waals surface area contributed by atoms with Gasteiger partial charge in [0, 0.05) is 6.54 Å². The van der Waals surface area contributed by atoms with E-state index in [0.717, 1.165) is 36.4 Å². The predicted molar refractivity (Wildman–Crippen MR) is 80.0 cm³/mol. The molecule has 1 unspecified atom stereocenters. The second-order valence-electron chi connectivity index (χ2n) is 5.96. The van der Waals surface area contributed by atoms with E-state index in [2.05, 4.69) is 17.9 Å². The molecular weight excluding hydrogens is 264 g/mol. The van der Waals surface area contributed by atoms with Gasteiger partial charge in [0.15, 0.2) is 0 Å². The molecule has 1 aromatic heterocycles. The average molecular weight is 282 g/mol. The molecule has 0 N–H and O–H groups in total.